The molecular weight excluding hydrogens is 266 g/mol. The molecule has 0 radical (unpaired) electrons. The quantitative estimate of drug-likeness (QED) is 0.849. The van der Waals surface area contributed by atoms with Crippen LogP contribution in [0.1, 0.15) is 17.1 Å². The van der Waals surface area contributed by atoms with Gasteiger partial charge in [0.25, 0.3) is 0 Å². The molecule has 5 heteroatoms. The van der Waals surface area contributed by atoms with Crippen molar-refractivity contribution in [3.05, 3.63) is 52.6 Å². The third-order valence-electron chi connectivity index (χ3n) is 2.14. The van der Waals surface area contributed by atoms with E-state index in [1.165, 1.54) is 0 Å². The van der Waals surface area contributed by atoms with E-state index in [1.54, 1.807) is 6.20 Å². The second-order valence-electron chi connectivity index (χ2n) is 3.26. The van der Waals surface area contributed by atoms with E-state index in [2.05, 4.69) is 9.97 Å². The van der Waals surface area contributed by atoms with E-state index in [0.29, 0.717) is 12.3 Å². The molecule has 0 aliphatic carbocycles. The number of imidazole rings is 1. The number of alkyl halides is 1. The smallest absolute Gasteiger partial charge is 0.110 e. The zero-order valence-corrected chi connectivity index (χ0v) is 10.7. The number of nitrogens with zero attached hydrogens (tertiary/aromatic N) is 1. The van der Waals surface area contributed by atoms with Gasteiger partial charge in [0.1, 0.15) is 5.82 Å². The largest absolute Gasteiger partial charge is 0.345 e. The van der Waals surface area contributed by atoms with E-state index in [1.807, 2.05) is 24.3 Å². The number of rotatable bonds is 3. The first-order valence-corrected chi connectivity index (χ1v) is 5.53. The minimum Gasteiger partial charge on any atom is -0.345 e. The normalized spacial score (nSPS) is 9.88. The van der Waals surface area contributed by atoms with Crippen molar-refractivity contribution in [2.45, 2.75) is 12.3 Å². The summed E-state index contributed by atoms with van der Waals surface area (Å²) in [6, 6.07) is 7.75. The molecule has 1 aromatic carbocycles. The van der Waals surface area contributed by atoms with Gasteiger partial charge in [-0.2, -0.15) is 0 Å². The lowest BCUT2D eigenvalue weighted by Gasteiger charge is -2.00. The van der Waals surface area contributed by atoms with Crippen molar-refractivity contribution in [1.82, 2.24) is 9.97 Å². The molecule has 0 unspecified atom stereocenters. The zero-order valence-electron chi connectivity index (χ0n) is 8.41. The maximum absolute atomic E-state index is 6.05. The fourth-order valence-corrected chi connectivity index (χ4v) is 1.72. The fraction of sp³-hybridized carbons (Fsp3) is 0.182. The molecule has 2 aromatic rings. The average molecular weight is 278 g/mol. The van der Waals surface area contributed by atoms with Crippen LogP contribution in [0, 0.1) is 0 Å². The second-order valence-corrected chi connectivity index (χ2v) is 3.93. The Morgan fingerprint density at radius 1 is 1.25 bits per heavy atom. The Hall–Kier alpha value is -0.700. The molecular formula is C11H11Cl3N2. The van der Waals surface area contributed by atoms with Crippen molar-refractivity contribution >= 4 is 35.6 Å². The van der Waals surface area contributed by atoms with Crippen molar-refractivity contribution < 1.29 is 0 Å². The molecule has 86 valence electrons. The minimum atomic E-state index is 0. The zero-order chi connectivity index (χ0) is 10.7. The summed E-state index contributed by atoms with van der Waals surface area (Å²) >= 11 is 11.7. The van der Waals surface area contributed by atoms with Crippen LogP contribution in [0.5, 0.6) is 0 Å². The van der Waals surface area contributed by atoms with E-state index in [9.17, 15) is 0 Å². The number of aromatic amines is 1. The van der Waals surface area contributed by atoms with E-state index in [0.717, 1.165) is 22.1 Å². The molecule has 2 nitrogen and oxygen atoms in total. The molecule has 1 aromatic heterocycles. The van der Waals surface area contributed by atoms with Gasteiger partial charge in [-0.1, -0.05) is 29.8 Å². The Labute approximate surface area is 110 Å². The predicted molar refractivity (Wildman–Crippen MR) is 69.7 cm³/mol. The lowest BCUT2D eigenvalue weighted by molar-refractivity contribution is 1.01. The highest BCUT2D eigenvalue weighted by Gasteiger charge is 2.04. The highest BCUT2D eigenvalue weighted by molar-refractivity contribution is 6.31. The molecule has 0 saturated heterocycles. The van der Waals surface area contributed by atoms with Crippen LogP contribution >= 0.6 is 35.6 Å². The summed E-state index contributed by atoms with van der Waals surface area (Å²) in [5.74, 6) is 1.34. The van der Waals surface area contributed by atoms with Gasteiger partial charge in [-0.15, -0.1) is 24.0 Å². The topological polar surface area (TPSA) is 28.7 Å². The van der Waals surface area contributed by atoms with Gasteiger partial charge in [-0.3, -0.25) is 0 Å². The third kappa shape index (κ3) is 3.14. The number of hydrogen-bond donors (Lipinski definition) is 1. The summed E-state index contributed by atoms with van der Waals surface area (Å²) in [6.07, 6.45) is 2.45. The first kappa shape index (κ1) is 13.4. The highest BCUT2D eigenvalue weighted by atomic mass is 35.5. The van der Waals surface area contributed by atoms with E-state index in [-0.39, 0.29) is 12.4 Å². The van der Waals surface area contributed by atoms with Gasteiger partial charge < -0.3 is 4.98 Å². The molecule has 0 aliphatic rings. The number of H-pyrrole nitrogens is 1. The van der Waals surface area contributed by atoms with Crippen molar-refractivity contribution in [3.63, 3.8) is 0 Å². The lowest BCUT2D eigenvalue weighted by Crippen LogP contribution is -1.91. The summed E-state index contributed by atoms with van der Waals surface area (Å²) in [5, 5.41) is 0.765. The Morgan fingerprint density at radius 3 is 2.62 bits per heavy atom. The summed E-state index contributed by atoms with van der Waals surface area (Å²) in [4.78, 5) is 7.36. The first-order chi connectivity index (χ1) is 7.29. The predicted octanol–water partition coefficient (Wildman–Crippen LogP) is 3.81. The number of halogens is 3. The molecule has 0 bridgehead atoms. The van der Waals surface area contributed by atoms with Gasteiger partial charge in [0.2, 0.25) is 0 Å². The lowest BCUT2D eigenvalue weighted by atomic mass is 10.1. The third-order valence-corrected chi connectivity index (χ3v) is 2.80. The van der Waals surface area contributed by atoms with E-state index in [4.69, 9.17) is 23.2 Å². The van der Waals surface area contributed by atoms with Crippen molar-refractivity contribution in [2.24, 2.45) is 0 Å². The van der Waals surface area contributed by atoms with Crippen molar-refractivity contribution in [2.75, 3.05) is 0 Å². The van der Waals surface area contributed by atoms with E-state index < -0.39 is 0 Å². The van der Waals surface area contributed by atoms with Crippen LogP contribution in [0.3, 0.4) is 0 Å². The molecule has 0 atom stereocenters. The SMILES string of the molecule is Cl.ClCc1cnc(Cc2ccccc2Cl)[nH]1. The van der Waals surface area contributed by atoms with Crippen molar-refractivity contribution in [3.8, 4) is 0 Å². The van der Waals surface area contributed by atoms with Gasteiger partial charge in [0.15, 0.2) is 0 Å². The number of aromatic nitrogens is 2. The van der Waals surface area contributed by atoms with Gasteiger partial charge >= 0.3 is 0 Å². The van der Waals surface area contributed by atoms with Crippen LogP contribution in [0.4, 0.5) is 0 Å². The van der Waals surface area contributed by atoms with E-state index >= 15 is 0 Å². The molecule has 1 N–H and O–H groups in total. The molecule has 16 heavy (non-hydrogen) atoms. The van der Waals surface area contributed by atoms with Crippen LogP contribution in [0.2, 0.25) is 5.02 Å². The van der Waals surface area contributed by atoms with Crippen LogP contribution in [-0.4, -0.2) is 9.97 Å². The Balaban J connectivity index is 0.00000128. The number of hydrogen-bond acceptors (Lipinski definition) is 1. The molecule has 0 aliphatic heterocycles. The maximum atomic E-state index is 6.05. The number of nitrogens with one attached hydrogen (secondary N) is 1. The molecule has 0 amide bonds. The average Bonchev–Trinajstić information content (AvgIpc) is 2.69. The van der Waals surface area contributed by atoms with Gasteiger partial charge in [-0.25, -0.2) is 4.98 Å². The van der Waals surface area contributed by atoms with Gasteiger partial charge in [0.05, 0.1) is 5.88 Å². The summed E-state index contributed by atoms with van der Waals surface area (Å²) < 4.78 is 0. The van der Waals surface area contributed by atoms with Crippen LogP contribution in [0.15, 0.2) is 30.5 Å². The molecule has 2 rings (SSSR count). The first-order valence-electron chi connectivity index (χ1n) is 4.61. The fourth-order valence-electron chi connectivity index (χ4n) is 1.39. The minimum absolute atomic E-state index is 0. The monoisotopic (exact) mass is 276 g/mol. The molecule has 0 spiro atoms. The van der Waals surface area contributed by atoms with Crippen LogP contribution in [-0.2, 0) is 12.3 Å². The Bertz CT molecular complexity index is 454. The van der Waals surface area contributed by atoms with Crippen molar-refractivity contribution in [1.29, 1.82) is 0 Å². The summed E-state index contributed by atoms with van der Waals surface area (Å²) in [7, 11) is 0. The Morgan fingerprint density at radius 2 is 2.00 bits per heavy atom. The van der Waals surface area contributed by atoms with Gasteiger partial charge in [-0.05, 0) is 11.6 Å². The Kier molecular flexibility index (Phi) is 5.13. The van der Waals surface area contributed by atoms with Crippen LogP contribution in [0.25, 0.3) is 0 Å². The molecule has 0 fully saturated rings. The van der Waals surface area contributed by atoms with Crippen LogP contribution < -0.4 is 0 Å². The highest BCUT2D eigenvalue weighted by Crippen LogP contribution is 2.17. The second kappa shape index (κ2) is 6.14. The molecule has 1 heterocycles. The maximum Gasteiger partial charge on any atom is 0.110 e. The summed E-state index contributed by atoms with van der Waals surface area (Å²) in [5.41, 5.74) is 1.99. The number of benzene rings is 1. The summed E-state index contributed by atoms with van der Waals surface area (Å²) in [6.45, 7) is 0. The van der Waals surface area contributed by atoms with Gasteiger partial charge in [0, 0.05) is 23.3 Å². The standard InChI is InChI=1S/C11H10Cl2N2.ClH/c12-6-9-7-14-11(15-9)5-8-3-1-2-4-10(8)13;/h1-4,7H,5-6H2,(H,14,15);1H. The molecule has 0 saturated carbocycles.